The van der Waals surface area contributed by atoms with Crippen molar-refractivity contribution in [2.45, 2.75) is 12.3 Å². The SMILES string of the molecule is O=C1CC(c2coc3ccc(Cl)cc3c2=O)c2c(ccc3c(=O)c(-c4ccc(F)cc4)coc23)O1. The minimum absolute atomic E-state index is 0.146. The maximum atomic E-state index is 13.4. The molecule has 8 heteroatoms. The van der Waals surface area contributed by atoms with Crippen LogP contribution in [-0.4, -0.2) is 5.97 Å². The lowest BCUT2D eigenvalue weighted by atomic mass is 9.85. The summed E-state index contributed by atoms with van der Waals surface area (Å²) < 4.78 is 30.3. The Hall–Kier alpha value is -4.23. The molecular weight excluding hydrogens is 475 g/mol. The highest BCUT2D eigenvalue weighted by Crippen LogP contribution is 2.42. The average Bonchev–Trinajstić information content (AvgIpc) is 2.85. The molecule has 1 aliphatic rings. The van der Waals surface area contributed by atoms with E-state index in [4.69, 9.17) is 25.2 Å². The number of halogens is 2. The van der Waals surface area contributed by atoms with Crippen molar-refractivity contribution in [1.29, 1.82) is 0 Å². The number of esters is 1. The molecule has 1 unspecified atom stereocenters. The van der Waals surface area contributed by atoms with E-state index in [1.807, 2.05) is 0 Å². The van der Waals surface area contributed by atoms with Crippen LogP contribution in [0.4, 0.5) is 4.39 Å². The molecule has 6 rings (SSSR count). The molecule has 172 valence electrons. The zero-order valence-corrected chi connectivity index (χ0v) is 18.6. The van der Waals surface area contributed by atoms with Crippen molar-refractivity contribution >= 4 is 39.5 Å². The van der Waals surface area contributed by atoms with Gasteiger partial charge in [0, 0.05) is 22.1 Å². The van der Waals surface area contributed by atoms with Crippen LogP contribution in [0.25, 0.3) is 33.1 Å². The molecule has 0 N–H and O–H groups in total. The molecule has 1 aliphatic heterocycles. The van der Waals surface area contributed by atoms with Gasteiger partial charge in [-0.25, -0.2) is 4.39 Å². The van der Waals surface area contributed by atoms with Crippen LogP contribution in [-0.2, 0) is 4.79 Å². The van der Waals surface area contributed by atoms with Crippen LogP contribution in [0, 0.1) is 5.82 Å². The van der Waals surface area contributed by atoms with Gasteiger partial charge in [-0.2, -0.15) is 0 Å². The summed E-state index contributed by atoms with van der Waals surface area (Å²) in [6.45, 7) is 0. The lowest BCUT2D eigenvalue weighted by Gasteiger charge is -2.25. The highest BCUT2D eigenvalue weighted by molar-refractivity contribution is 6.31. The van der Waals surface area contributed by atoms with Gasteiger partial charge in [-0.15, -0.1) is 0 Å². The van der Waals surface area contributed by atoms with E-state index in [-0.39, 0.29) is 50.5 Å². The standard InChI is InChI=1S/C27H14ClFO6/c28-14-3-7-21-18(9-14)26(32)20(12-33-21)17-10-23(30)35-22-8-6-16-25(31)19(11-34-27(16)24(17)22)13-1-4-15(29)5-2-13/h1-9,11-12,17H,10H2. The van der Waals surface area contributed by atoms with Crippen LogP contribution >= 0.6 is 11.6 Å². The van der Waals surface area contributed by atoms with Gasteiger partial charge in [0.15, 0.2) is 5.43 Å². The summed E-state index contributed by atoms with van der Waals surface area (Å²) in [6, 6.07) is 13.2. The van der Waals surface area contributed by atoms with Crippen molar-refractivity contribution in [3.63, 3.8) is 0 Å². The molecule has 0 bridgehead atoms. The van der Waals surface area contributed by atoms with Crippen molar-refractivity contribution < 1.29 is 22.8 Å². The Labute approximate surface area is 201 Å². The van der Waals surface area contributed by atoms with E-state index in [9.17, 15) is 18.8 Å². The Bertz CT molecular complexity index is 1790. The molecule has 5 aromatic rings. The number of carbonyl (C=O) groups excluding carboxylic acids is 1. The number of hydrogen-bond acceptors (Lipinski definition) is 6. The van der Waals surface area contributed by atoms with Crippen LogP contribution in [0.5, 0.6) is 5.75 Å². The number of ether oxygens (including phenoxy) is 1. The molecule has 0 spiro atoms. The highest BCUT2D eigenvalue weighted by atomic mass is 35.5. The fourth-order valence-corrected chi connectivity index (χ4v) is 4.68. The molecule has 0 saturated carbocycles. The third kappa shape index (κ3) is 3.43. The maximum Gasteiger partial charge on any atom is 0.312 e. The number of hydrogen-bond donors (Lipinski definition) is 0. The summed E-state index contributed by atoms with van der Waals surface area (Å²) in [5.74, 6) is -1.53. The van der Waals surface area contributed by atoms with Gasteiger partial charge in [0.05, 0.1) is 29.0 Å². The molecule has 6 nitrogen and oxygen atoms in total. The summed E-state index contributed by atoms with van der Waals surface area (Å²) in [5, 5.41) is 0.882. The third-order valence-electron chi connectivity index (χ3n) is 6.17. The van der Waals surface area contributed by atoms with Crippen LogP contribution in [0.2, 0.25) is 5.02 Å². The van der Waals surface area contributed by atoms with E-state index in [0.29, 0.717) is 21.7 Å². The first-order chi connectivity index (χ1) is 16.9. The molecule has 0 amide bonds. The lowest BCUT2D eigenvalue weighted by molar-refractivity contribution is -0.135. The second-order valence-corrected chi connectivity index (χ2v) is 8.67. The Kier molecular flexibility index (Phi) is 4.82. The first-order valence-corrected chi connectivity index (χ1v) is 11.0. The predicted molar refractivity (Wildman–Crippen MR) is 127 cm³/mol. The average molecular weight is 489 g/mol. The Morgan fingerprint density at radius 1 is 0.857 bits per heavy atom. The van der Waals surface area contributed by atoms with E-state index in [1.54, 1.807) is 12.1 Å². The largest absolute Gasteiger partial charge is 0.464 e. The minimum Gasteiger partial charge on any atom is -0.464 e. The summed E-state index contributed by atoms with van der Waals surface area (Å²) in [6.07, 6.45) is 2.45. The second kappa shape index (κ2) is 7.92. The van der Waals surface area contributed by atoms with Crippen LogP contribution in [0.3, 0.4) is 0 Å². The van der Waals surface area contributed by atoms with Crippen molar-refractivity contribution in [2.75, 3.05) is 0 Å². The second-order valence-electron chi connectivity index (χ2n) is 8.23. The molecule has 3 heterocycles. The number of fused-ring (bicyclic) bond motifs is 4. The van der Waals surface area contributed by atoms with Crippen LogP contribution in [0.1, 0.15) is 23.5 Å². The van der Waals surface area contributed by atoms with Gasteiger partial charge in [-0.05, 0) is 48.0 Å². The first kappa shape index (κ1) is 21.3. The normalized spacial score (nSPS) is 15.3. The Morgan fingerprint density at radius 2 is 1.66 bits per heavy atom. The summed E-state index contributed by atoms with van der Waals surface area (Å²) in [7, 11) is 0. The van der Waals surface area contributed by atoms with Gasteiger partial charge in [0.2, 0.25) is 5.43 Å². The summed E-state index contributed by atoms with van der Waals surface area (Å²) >= 11 is 6.08. The van der Waals surface area contributed by atoms with Crippen molar-refractivity contribution in [2.24, 2.45) is 0 Å². The van der Waals surface area contributed by atoms with Gasteiger partial charge >= 0.3 is 5.97 Å². The molecule has 1 atom stereocenters. The summed E-state index contributed by atoms with van der Waals surface area (Å²) in [4.78, 5) is 39.1. The van der Waals surface area contributed by atoms with Gasteiger partial charge in [-0.3, -0.25) is 14.4 Å². The van der Waals surface area contributed by atoms with Gasteiger partial charge in [-0.1, -0.05) is 23.7 Å². The molecule has 0 aliphatic carbocycles. The van der Waals surface area contributed by atoms with Gasteiger partial charge in [0.1, 0.15) is 29.0 Å². The predicted octanol–water partition coefficient (Wildman–Crippen LogP) is 5.80. The van der Waals surface area contributed by atoms with Gasteiger partial charge < -0.3 is 13.6 Å². The van der Waals surface area contributed by atoms with E-state index < -0.39 is 17.7 Å². The Balaban J connectivity index is 1.59. The molecule has 0 fully saturated rings. The fraction of sp³-hybridized carbons (Fsp3) is 0.0741. The van der Waals surface area contributed by atoms with E-state index >= 15 is 0 Å². The van der Waals surface area contributed by atoms with Crippen LogP contribution in [0.15, 0.2) is 85.5 Å². The number of rotatable bonds is 2. The van der Waals surface area contributed by atoms with E-state index in [0.717, 1.165) is 0 Å². The fourth-order valence-electron chi connectivity index (χ4n) is 4.51. The molecule has 3 aromatic carbocycles. The first-order valence-electron chi connectivity index (χ1n) is 10.7. The van der Waals surface area contributed by atoms with Gasteiger partial charge in [0.25, 0.3) is 0 Å². The zero-order chi connectivity index (χ0) is 24.3. The maximum absolute atomic E-state index is 13.4. The number of benzene rings is 3. The molecule has 35 heavy (non-hydrogen) atoms. The monoisotopic (exact) mass is 488 g/mol. The van der Waals surface area contributed by atoms with Crippen LogP contribution < -0.4 is 15.6 Å². The highest BCUT2D eigenvalue weighted by Gasteiger charge is 2.34. The lowest BCUT2D eigenvalue weighted by Crippen LogP contribution is -2.25. The molecule has 0 radical (unpaired) electrons. The minimum atomic E-state index is -0.769. The Morgan fingerprint density at radius 3 is 2.46 bits per heavy atom. The van der Waals surface area contributed by atoms with Crippen molar-refractivity contribution in [1.82, 2.24) is 0 Å². The molecular formula is C27H14ClFO6. The molecule has 0 saturated heterocycles. The van der Waals surface area contributed by atoms with Crippen molar-refractivity contribution in [3.8, 4) is 16.9 Å². The smallest absolute Gasteiger partial charge is 0.312 e. The van der Waals surface area contributed by atoms with Crippen molar-refractivity contribution in [3.05, 3.63) is 110 Å². The summed E-state index contributed by atoms with van der Waals surface area (Å²) in [5.41, 5.74) is 1.23. The molecule has 2 aromatic heterocycles. The third-order valence-corrected chi connectivity index (χ3v) is 6.41. The quantitative estimate of drug-likeness (QED) is 0.230. The van der Waals surface area contributed by atoms with E-state index in [2.05, 4.69) is 0 Å². The zero-order valence-electron chi connectivity index (χ0n) is 17.8. The number of carbonyl (C=O) groups is 1. The van der Waals surface area contributed by atoms with E-state index in [1.165, 1.54) is 55.0 Å². The topological polar surface area (TPSA) is 86.7 Å².